The van der Waals surface area contributed by atoms with Crippen LogP contribution < -0.4 is 5.32 Å². The summed E-state index contributed by atoms with van der Waals surface area (Å²) in [7, 11) is 0. The second kappa shape index (κ2) is 7.30. The second-order valence-corrected chi connectivity index (χ2v) is 7.48. The molecular weight excluding hydrogens is 348 g/mol. The fourth-order valence-corrected chi connectivity index (χ4v) is 2.70. The number of amides is 1. The van der Waals surface area contributed by atoms with Crippen LogP contribution in [0.2, 0.25) is 5.02 Å². The fourth-order valence-electron chi connectivity index (χ4n) is 2.48. The first-order valence-electron chi connectivity index (χ1n) is 8.39. The van der Waals surface area contributed by atoms with Crippen LogP contribution >= 0.6 is 11.6 Å². The quantitative estimate of drug-likeness (QED) is 0.736. The number of benzene rings is 1. The zero-order valence-corrected chi connectivity index (χ0v) is 15.8. The van der Waals surface area contributed by atoms with Gasteiger partial charge in [0.2, 0.25) is 0 Å². The van der Waals surface area contributed by atoms with Crippen LogP contribution in [0.1, 0.15) is 42.5 Å². The molecule has 26 heavy (non-hydrogen) atoms. The number of hydrogen-bond acceptors (Lipinski definition) is 3. The van der Waals surface area contributed by atoms with Crippen LogP contribution in [0.25, 0.3) is 0 Å². The van der Waals surface area contributed by atoms with Gasteiger partial charge in [-0.15, -0.1) is 0 Å². The molecule has 0 bridgehead atoms. The van der Waals surface area contributed by atoms with Crippen LogP contribution in [0.15, 0.2) is 54.7 Å². The van der Waals surface area contributed by atoms with E-state index < -0.39 is 0 Å². The van der Waals surface area contributed by atoms with Crippen molar-refractivity contribution in [2.45, 2.75) is 32.7 Å². The molecule has 1 N–H and O–H groups in total. The first-order chi connectivity index (χ1) is 12.3. The van der Waals surface area contributed by atoms with Crippen molar-refractivity contribution in [3.63, 3.8) is 0 Å². The molecule has 2 heterocycles. The highest BCUT2D eigenvalue weighted by molar-refractivity contribution is 6.34. The smallest absolute Gasteiger partial charge is 0.258 e. The largest absolute Gasteiger partial charge is 0.307 e. The van der Waals surface area contributed by atoms with Crippen LogP contribution in [0, 0.1) is 0 Å². The Morgan fingerprint density at radius 3 is 2.54 bits per heavy atom. The standard InChI is InChI=1S/C20H21ClN4O/c1-20(2,3)17-12-18(23-19(26)15-9-4-5-10-16(15)21)25(24-17)13-14-8-6-7-11-22-14/h4-12H,13H2,1-3H3,(H,23,26). The van der Waals surface area contributed by atoms with Crippen LogP contribution in [0.3, 0.4) is 0 Å². The molecule has 2 aromatic heterocycles. The summed E-state index contributed by atoms with van der Waals surface area (Å²) in [5.74, 6) is 0.351. The molecule has 0 unspecified atom stereocenters. The summed E-state index contributed by atoms with van der Waals surface area (Å²) >= 11 is 6.14. The molecule has 0 aliphatic carbocycles. The predicted octanol–water partition coefficient (Wildman–Crippen LogP) is 4.53. The third-order valence-corrected chi connectivity index (χ3v) is 4.28. The van der Waals surface area contributed by atoms with Gasteiger partial charge in [-0.1, -0.05) is 50.6 Å². The normalized spacial score (nSPS) is 11.4. The third kappa shape index (κ3) is 4.11. The average Bonchev–Trinajstić information content (AvgIpc) is 2.99. The van der Waals surface area contributed by atoms with Crippen LogP contribution in [-0.4, -0.2) is 20.7 Å². The second-order valence-electron chi connectivity index (χ2n) is 7.08. The Kier molecular flexibility index (Phi) is 5.09. The predicted molar refractivity (Wildman–Crippen MR) is 104 cm³/mol. The molecule has 134 valence electrons. The van der Waals surface area contributed by atoms with Crippen molar-refractivity contribution in [2.75, 3.05) is 5.32 Å². The van der Waals surface area contributed by atoms with E-state index in [0.717, 1.165) is 11.4 Å². The highest BCUT2D eigenvalue weighted by atomic mass is 35.5. The van der Waals surface area contributed by atoms with Gasteiger partial charge in [0, 0.05) is 17.7 Å². The summed E-state index contributed by atoms with van der Waals surface area (Å²) < 4.78 is 1.76. The van der Waals surface area contributed by atoms with Gasteiger partial charge in [-0.05, 0) is 24.3 Å². The molecule has 3 rings (SSSR count). The molecule has 0 fully saturated rings. The molecule has 0 aliphatic rings. The summed E-state index contributed by atoms with van der Waals surface area (Å²) in [6.07, 6.45) is 1.74. The Balaban J connectivity index is 1.93. The van der Waals surface area contributed by atoms with Crippen molar-refractivity contribution in [2.24, 2.45) is 0 Å². The lowest BCUT2D eigenvalue weighted by Gasteiger charge is -2.14. The lowest BCUT2D eigenvalue weighted by molar-refractivity contribution is 0.102. The molecule has 3 aromatic rings. The van der Waals surface area contributed by atoms with Crippen LogP contribution in [0.4, 0.5) is 5.82 Å². The van der Waals surface area contributed by atoms with Gasteiger partial charge in [-0.3, -0.25) is 9.78 Å². The minimum atomic E-state index is -0.266. The van der Waals surface area contributed by atoms with Gasteiger partial charge < -0.3 is 5.32 Å². The maximum Gasteiger partial charge on any atom is 0.258 e. The topological polar surface area (TPSA) is 59.8 Å². The Morgan fingerprint density at radius 1 is 1.15 bits per heavy atom. The van der Waals surface area contributed by atoms with Gasteiger partial charge in [0.05, 0.1) is 28.5 Å². The third-order valence-electron chi connectivity index (χ3n) is 3.95. The molecule has 6 heteroatoms. The van der Waals surface area contributed by atoms with E-state index in [4.69, 9.17) is 11.6 Å². The van der Waals surface area contributed by atoms with E-state index in [9.17, 15) is 4.79 Å². The van der Waals surface area contributed by atoms with E-state index in [1.807, 2.05) is 24.3 Å². The number of nitrogens with zero attached hydrogens (tertiary/aromatic N) is 3. The highest BCUT2D eigenvalue weighted by Gasteiger charge is 2.21. The van der Waals surface area contributed by atoms with Gasteiger partial charge in [0.25, 0.3) is 5.91 Å². The summed E-state index contributed by atoms with van der Waals surface area (Å²) in [4.78, 5) is 17.0. The summed E-state index contributed by atoms with van der Waals surface area (Å²) in [6, 6.07) is 14.6. The molecule has 1 aromatic carbocycles. The molecule has 0 saturated heterocycles. The minimum Gasteiger partial charge on any atom is -0.307 e. The van der Waals surface area contributed by atoms with Gasteiger partial charge >= 0.3 is 0 Å². The van der Waals surface area contributed by atoms with Crippen LogP contribution in [0.5, 0.6) is 0 Å². The van der Waals surface area contributed by atoms with Crippen molar-refractivity contribution < 1.29 is 4.79 Å². The van der Waals surface area contributed by atoms with Crippen molar-refractivity contribution in [1.82, 2.24) is 14.8 Å². The number of carbonyl (C=O) groups excluding carboxylic acids is 1. The fraction of sp³-hybridized carbons (Fsp3) is 0.250. The molecular formula is C20H21ClN4O. The number of rotatable bonds is 4. The number of aromatic nitrogens is 3. The maximum atomic E-state index is 12.6. The van der Waals surface area contributed by atoms with Crippen molar-refractivity contribution in [1.29, 1.82) is 0 Å². The van der Waals surface area contributed by atoms with Crippen molar-refractivity contribution in [3.8, 4) is 0 Å². The summed E-state index contributed by atoms with van der Waals surface area (Å²) in [5, 5.41) is 8.02. The molecule has 0 spiro atoms. The van der Waals surface area contributed by atoms with E-state index in [0.29, 0.717) is 22.9 Å². The van der Waals surface area contributed by atoms with Crippen molar-refractivity contribution in [3.05, 3.63) is 76.7 Å². The zero-order valence-electron chi connectivity index (χ0n) is 15.0. The molecule has 0 aliphatic heterocycles. The minimum absolute atomic E-state index is 0.140. The molecule has 0 radical (unpaired) electrons. The SMILES string of the molecule is CC(C)(C)c1cc(NC(=O)c2ccccc2Cl)n(Cc2ccccn2)n1. The number of carbonyl (C=O) groups is 1. The molecule has 5 nitrogen and oxygen atoms in total. The molecule has 0 atom stereocenters. The van der Waals surface area contributed by atoms with E-state index >= 15 is 0 Å². The number of nitrogens with one attached hydrogen (secondary N) is 1. The monoisotopic (exact) mass is 368 g/mol. The van der Waals surface area contributed by atoms with E-state index in [1.54, 1.807) is 35.1 Å². The highest BCUT2D eigenvalue weighted by Crippen LogP contribution is 2.25. The Hall–Kier alpha value is -2.66. The van der Waals surface area contributed by atoms with Crippen molar-refractivity contribution >= 4 is 23.3 Å². The summed E-state index contributed by atoms with van der Waals surface area (Å²) in [5.41, 5.74) is 2.04. The summed E-state index contributed by atoms with van der Waals surface area (Å²) in [6.45, 7) is 6.72. The van der Waals surface area contributed by atoms with Gasteiger partial charge in [0.1, 0.15) is 5.82 Å². The Morgan fingerprint density at radius 2 is 1.88 bits per heavy atom. The number of halogens is 1. The molecule has 0 saturated carbocycles. The zero-order chi connectivity index (χ0) is 18.7. The first kappa shape index (κ1) is 18.1. The molecule has 1 amide bonds. The van der Waals surface area contributed by atoms with E-state index in [1.165, 1.54) is 0 Å². The Bertz CT molecular complexity index is 913. The van der Waals surface area contributed by atoms with Gasteiger partial charge in [-0.25, -0.2) is 4.68 Å². The number of hydrogen-bond donors (Lipinski definition) is 1. The van der Waals surface area contributed by atoms with Crippen LogP contribution in [-0.2, 0) is 12.0 Å². The van der Waals surface area contributed by atoms with E-state index in [2.05, 4.69) is 36.2 Å². The Labute approximate surface area is 158 Å². The maximum absolute atomic E-state index is 12.6. The number of pyridine rings is 1. The number of anilines is 1. The lowest BCUT2D eigenvalue weighted by atomic mass is 9.92. The van der Waals surface area contributed by atoms with E-state index in [-0.39, 0.29) is 11.3 Å². The van der Waals surface area contributed by atoms with Gasteiger partial charge in [-0.2, -0.15) is 5.10 Å². The average molecular weight is 369 g/mol. The first-order valence-corrected chi connectivity index (χ1v) is 8.76. The van der Waals surface area contributed by atoms with Gasteiger partial charge in [0.15, 0.2) is 0 Å². The lowest BCUT2D eigenvalue weighted by Crippen LogP contribution is -2.17.